The predicted octanol–water partition coefficient (Wildman–Crippen LogP) is 13.8. The molecule has 2 fully saturated rings. The Morgan fingerprint density at radius 2 is 1.54 bits per heavy atom. The van der Waals surface area contributed by atoms with E-state index in [1.54, 1.807) is 6.21 Å². The number of aliphatic imine (C=N–C) groups is 2. The number of halogens is 1. The smallest absolute Gasteiger partial charge is 0.413 e. The number of aldehydes is 1. The Kier molecular flexibility index (Phi) is 43.5. The predicted molar refractivity (Wildman–Crippen MR) is 263 cm³/mol. The summed E-state index contributed by atoms with van der Waals surface area (Å²) in [7, 11) is 1.54. The van der Waals surface area contributed by atoms with Crippen LogP contribution in [0.15, 0.2) is 33.3 Å². The average Bonchev–Trinajstić information content (AvgIpc) is 3.63. The Morgan fingerprint density at radius 1 is 0.937 bits per heavy atom. The van der Waals surface area contributed by atoms with Crippen LogP contribution in [0.5, 0.6) is 0 Å². The molecule has 10 nitrogen and oxygen atoms in total. The Bertz CT molecular complexity index is 1330. The Morgan fingerprint density at radius 3 is 1.97 bits per heavy atom. The number of ketones is 1. The lowest BCUT2D eigenvalue weighted by molar-refractivity contribution is -0.125. The third-order valence-electron chi connectivity index (χ3n) is 10.8. The average molecular weight is 892 g/mol. The van der Waals surface area contributed by atoms with E-state index >= 15 is 0 Å². The maximum Gasteiger partial charge on any atom is 0.413 e. The molecule has 0 aromatic rings. The first-order valence-electron chi connectivity index (χ1n) is 24.1. The number of methoxy groups -OCH3 is 1. The normalized spacial score (nSPS) is 18.0. The van der Waals surface area contributed by atoms with Gasteiger partial charge in [0.1, 0.15) is 23.9 Å². The molecule has 0 radical (unpaired) electrons. The van der Waals surface area contributed by atoms with Crippen LogP contribution in [0.25, 0.3) is 0 Å². The summed E-state index contributed by atoms with van der Waals surface area (Å²) in [6.07, 6.45) is 33.7. The molecule has 2 N–H and O–H groups in total. The van der Waals surface area contributed by atoms with Crippen LogP contribution in [-0.4, -0.2) is 73.5 Å². The van der Waals surface area contributed by atoms with Crippen LogP contribution in [0.2, 0.25) is 0 Å². The number of rotatable bonds is 27. The maximum atomic E-state index is 14.2. The van der Waals surface area contributed by atoms with Gasteiger partial charge in [-0.05, 0) is 96.1 Å². The quantitative estimate of drug-likeness (QED) is 0.0209. The summed E-state index contributed by atoms with van der Waals surface area (Å²) >= 11 is 0. The van der Waals surface area contributed by atoms with E-state index in [1.807, 2.05) is 41.5 Å². The summed E-state index contributed by atoms with van der Waals surface area (Å²) in [4.78, 5) is 42.1. The number of hydrogen-bond acceptors (Lipinski definition) is 9. The molecule has 1 aliphatic carbocycles. The number of allylic oxidation sites excluding steroid dienone is 2. The topological polar surface area (TPSA) is 136 Å². The number of ether oxygens (including phenoxy) is 3. The lowest BCUT2D eigenvalue weighted by Gasteiger charge is -2.23. The first-order chi connectivity index (χ1) is 29.8. The minimum absolute atomic E-state index is 0. The Balaban J connectivity index is -0.000000849. The highest BCUT2D eigenvalue weighted by molar-refractivity contribution is 6.07. The van der Waals surface area contributed by atoms with Crippen molar-refractivity contribution >= 4 is 30.2 Å². The second-order valence-corrected chi connectivity index (χ2v) is 16.9. The van der Waals surface area contributed by atoms with Crippen molar-refractivity contribution in [3.63, 3.8) is 0 Å². The van der Waals surface area contributed by atoms with Gasteiger partial charge < -0.3 is 24.1 Å². The van der Waals surface area contributed by atoms with E-state index in [9.17, 15) is 18.8 Å². The van der Waals surface area contributed by atoms with Crippen molar-refractivity contribution in [3.8, 4) is 12.3 Å². The van der Waals surface area contributed by atoms with Gasteiger partial charge in [-0.15, -0.1) is 6.42 Å². The fourth-order valence-corrected chi connectivity index (χ4v) is 6.22. The van der Waals surface area contributed by atoms with Crippen molar-refractivity contribution in [2.75, 3.05) is 20.3 Å². The first kappa shape index (κ1) is 64.1. The number of nitrogens with zero attached hydrogens (tertiary/aromatic N) is 2. The van der Waals surface area contributed by atoms with Gasteiger partial charge in [0.2, 0.25) is 5.95 Å². The second-order valence-electron chi connectivity index (χ2n) is 16.9. The van der Waals surface area contributed by atoms with Crippen LogP contribution in [-0.2, 0) is 23.8 Å². The van der Waals surface area contributed by atoms with Crippen molar-refractivity contribution < 1.29 is 38.1 Å². The lowest BCUT2D eigenvalue weighted by atomic mass is 9.80. The highest BCUT2D eigenvalue weighted by Gasteiger charge is 2.36. The zero-order chi connectivity index (χ0) is 47.0. The molecule has 1 saturated heterocycles. The number of carbonyl (C=O) groups excluding carboxylic acids is 3. The number of unbranched alkanes of at least 4 members (excludes halogenated alkanes) is 12. The van der Waals surface area contributed by atoms with Crippen molar-refractivity contribution in [3.05, 3.63) is 23.3 Å². The van der Waals surface area contributed by atoms with E-state index in [4.69, 9.17) is 25.7 Å². The van der Waals surface area contributed by atoms with E-state index in [0.717, 1.165) is 63.2 Å². The fourth-order valence-electron chi connectivity index (χ4n) is 6.22. The van der Waals surface area contributed by atoms with Crippen LogP contribution in [0.1, 0.15) is 217 Å². The molecule has 1 heterocycles. The highest BCUT2D eigenvalue weighted by atomic mass is 19.1. The summed E-state index contributed by atoms with van der Waals surface area (Å²) in [5, 5.41) is 11.4. The number of amides is 1. The molecule has 2 aliphatic rings. The van der Waals surface area contributed by atoms with Gasteiger partial charge in [-0.1, -0.05) is 132 Å². The van der Waals surface area contributed by atoms with E-state index in [2.05, 4.69) is 42.0 Å². The molecule has 366 valence electrons. The summed E-state index contributed by atoms with van der Waals surface area (Å²) in [5.74, 6) is 3.10. The van der Waals surface area contributed by atoms with Gasteiger partial charge in [-0.2, -0.15) is 4.39 Å². The first-order valence-corrected chi connectivity index (χ1v) is 24.1. The van der Waals surface area contributed by atoms with Gasteiger partial charge in [0, 0.05) is 32.1 Å². The highest BCUT2D eigenvalue weighted by Crippen LogP contribution is 2.29. The second kappa shape index (κ2) is 42.7. The number of alkyl carbamates (subject to hydrolysis) is 1. The summed E-state index contributed by atoms with van der Waals surface area (Å²) in [5.41, 5.74) is 0.544. The molecular weight excluding hydrogens is 798 g/mol. The molecule has 0 spiro atoms. The SMILES string of the molecule is C.C#CC1(CO)CCC(C)O1.CCC/C=C(F)/N=C(/NC(=O)OC(CC)COC)C(N=CC(C)CC)=C(C)C.CCCCCCCCC(=O)C1CCC1.CCCCCCCCC=O. The van der Waals surface area contributed by atoms with Gasteiger partial charge in [-0.25, -0.2) is 9.79 Å². The van der Waals surface area contributed by atoms with E-state index in [0.29, 0.717) is 30.2 Å². The van der Waals surface area contributed by atoms with Crippen molar-refractivity contribution in [1.29, 1.82) is 0 Å². The molecule has 4 atom stereocenters. The number of nitrogens with one attached hydrogen (secondary N) is 1. The van der Waals surface area contributed by atoms with E-state index < -0.39 is 23.7 Å². The molecule has 0 aromatic heterocycles. The molecule has 1 amide bonds. The maximum absolute atomic E-state index is 14.2. The number of terminal acetylenes is 1. The standard InChI is InChI=1S/C21H36FN3O3.C13H24O.C9H18O.C8H12O2.CH4/c1-8-11-12-18(22)24-20(19(15(4)5)23-13-16(6)9-2)25-21(26)28-17(10-3)14-27-7;1-2-3-4-5-6-7-11-13(14)12-9-8-10-12;1-2-3-4-5-6-7-8-9-10;1-3-8(6-9)5-4-7(2)10-8;/h12-13,16-17H,8-11,14H2,1-7H3,(H,24,25,26);12H,2-11H2,1H3;9H,2-8H2,1H3;1,7,9H,4-6H2,2H3;1H4/b18-12+,23-13?;;;;. The molecule has 0 aromatic carbocycles. The third-order valence-corrected chi connectivity index (χ3v) is 10.8. The van der Waals surface area contributed by atoms with Gasteiger partial charge in [0.15, 0.2) is 11.4 Å². The molecule has 0 bridgehead atoms. The number of amidine groups is 1. The Labute approximate surface area is 385 Å². The van der Waals surface area contributed by atoms with Crippen LogP contribution in [0, 0.1) is 24.2 Å². The van der Waals surface area contributed by atoms with Gasteiger partial charge in [0.25, 0.3) is 0 Å². The van der Waals surface area contributed by atoms with Crippen LogP contribution < -0.4 is 5.32 Å². The van der Waals surface area contributed by atoms with E-state index in [-0.39, 0.29) is 38.5 Å². The minimum Gasteiger partial charge on any atom is -0.444 e. The van der Waals surface area contributed by atoms with Crippen molar-refractivity contribution in [2.24, 2.45) is 21.8 Å². The zero-order valence-electron chi connectivity index (χ0n) is 41.0. The molecule has 1 saturated carbocycles. The Hall–Kier alpha value is -3.20. The van der Waals surface area contributed by atoms with Crippen molar-refractivity contribution in [2.45, 2.75) is 235 Å². The summed E-state index contributed by atoms with van der Waals surface area (Å²) < 4.78 is 29.9. The molecular formula is C52H94FN3O7. The van der Waals surface area contributed by atoms with Gasteiger partial charge in [0.05, 0.1) is 19.3 Å². The van der Waals surface area contributed by atoms with Gasteiger partial charge in [-0.3, -0.25) is 15.1 Å². The number of aliphatic hydroxyl groups is 1. The molecule has 4 unspecified atom stereocenters. The summed E-state index contributed by atoms with van der Waals surface area (Å²) in [6.45, 7) is 18.2. The minimum atomic E-state index is -0.719. The lowest BCUT2D eigenvalue weighted by Crippen LogP contribution is -2.36. The summed E-state index contributed by atoms with van der Waals surface area (Å²) in [6, 6.07) is 0. The number of aliphatic hydroxyl groups excluding tert-OH is 1. The van der Waals surface area contributed by atoms with Crippen LogP contribution in [0.3, 0.4) is 0 Å². The number of Topliss-reactive ketones (excluding diaryl/α,β-unsaturated/α-hetero) is 1. The monoisotopic (exact) mass is 892 g/mol. The van der Waals surface area contributed by atoms with Crippen LogP contribution >= 0.6 is 0 Å². The number of hydrogen-bond donors (Lipinski definition) is 2. The molecule has 11 heteroatoms. The largest absolute Gasteiger partial charge is 0.444 e. The molecule has 2 rings (SSSR count). The van der Waals surface area contributed by atoms with Gasteiger partial charge >= 0.3 is 6.09 Å². The number of carbonyl (C=O) groups is 3. The van der Waals surface area contributed by atoms with Crippen molar-refractivity contribution in [1.82, 2.24) is 5.32 Å². The van der Waals surface area contributed by atoms with E-state index in [1.165, 1.54) is 96.7 Å². The molecule has 63 heavy (non-hydrogen) atoms. The fraction of sp³-hybridized carbons (Fsp3) is 0.788. The zero-order valence-corrected chi connectivity index (χ0v) is 41.0. The van der Waals surface area contributed by atoms with Crippen LogP contribution in [0.4, 0.5) is 9.18 Å². The molecule has 1 aliphatic heterocycles. The third kappa shape index (κ3) is 33.9.